The summed E-state index contributed by atoms with van der Waals surface area (Å²) in [6.45, 7) is 3.26. The first-order chi connectivity index (χ1) is 10.0. The van der Waals surface area contributed by atoms with Gasteiger partial charge in [0.1, 0.15) is 11.5 Å². The number of hydrogen-bond acceptors (Lipinski definition) is 4. The molecule has 0 amide bonds. The Morgan fingerprint density at radius 1 is 0.905 bits per heavy atom. The zero-order valence-electron chi connectivity index (χ0n) is 12.2. The second-order valence-electron chi connectivity index (χ2n) is 4.57. The van der Waals surface area contributed by atoms with E-state index < -0.39 is 5.97 Å². The van der Waals surface area contributed by atoms with Crippen molar-refractivity contribution in [3.05, 3.63) is 59.2 Å². The molecule has 0 aromatic heterocycles. The summed E-state index contributed by atoms with van der Waals surface area (Å²) in [5, 5.41) is 0. The third-order valence-electron chi connectivity index (χ3n) is 3.18. The van der Waals surface area contributed by atoms with Gasteiger partial charge in [0.25, 0.3) is 0 Å². The molecular formula is C17H16O4. The van der Waals surface area contributed by atoms with E-state index in [1.165, 1.54) is 14.0 Å². The van der Waals surface area contributed by atoms with Crippen molar-refractivity contribution in [2.75, 3.05) is 7.11 Å². The zero-order chi connectivity index (χ0) is 15.4. The van der Waals surface area contributed by atoms with Crippen molar-refractivity contribution < 1.29 is 19.1 Å². The summed E-state index contributed by atoms with van der Waals surface area (Å²) in [7, 11) is 1.33. The summed E-state index contributed by atoms with van der Waals surface area (Å²) < 4.78 is 10.5. The number of methoxy groups -OCH3 is 1. The highest BCUT2D eigenvalue weighted by atomic mass is 16.5. The Morgan fingerprint density at radius 2 is 1.52 bits per heavy atom. The van der Waals surface area contributed by atoms with Crippen molar-refractivity contribution in [1.29, 1.82) is 0 Å². The maximum Gasteiger partial charge on any atom is 0.338 e. The van der Waals surface area contributed by atoms with Gasteiger partial charge in [-0.2, -0.15) is 0 Å². The summed E-state index contributed by atoms with van der Waals surface area (Å²) >= 11 is 0. The molecule has 2 aromatic rings. The largest absolute Gasteiger partial charge is 0.465 e. The van der Waals surface area contributed by atoms with Crippen LogP contribution in [0.1, 0.15) is 33.2 Å². The van der Waals surface area contributed by atoms with Crippen LogP contribution in [0.4, 0.5) is 0 Å². The summed E-state index contributed by atoms with van der Waals surface area (Å²) in [5.41, 5.74) is 1.61. The Kier molecular flexibility index (Phi) is 4.38. The van der Waals surface area contributed by atoms with E-state index >= 15 is 0 Å². The fourth-order valence-electron chi connectivity index (χ4n) is 2.02. The van der Waals surface area contributed by atoms with Gasteiger partial charge in [-0.15, -0.1) is 0 Å². The van der Waals surface area contributed by atoms with Gasteiger partial charge < -0.3 is 9.47 Å². The molecule has 0 fully saturated rings. The molecule has 0 heterocycles. The van der Waals surface area contributed by atoms with Gasteiger partial charge in [0.15, 0.2) is 5.78 Å². The van der Waals surface area contributed by atoms with E-state index in [4.69, 9.17) is 9.47 Å². The molecule has 0 saturated heterocycles. The average molecular weight is 284 g/mol. The molecule has 4 heteroatoms. The quantitative estimate of drug-likeness (QED) is 0.633. The average Bonchev–Trinajstić information content (AvgIpc) is 2.49. The monoisotopic (exact) mass is 284 g/mol. The fourth-order valence-corrected chi connectivity index (χ4v) is 2.02. The van der Waals surface area contributed by atoms with Crippen LogP contribution in [0.15, 0.2) is 42.5 Å². The number of carbonyl (C=O) groups excluding carboxylic acids is 2. The Bertz CT molecular complexity index is 689. The van der Waals surface area contributed by atoms with Gasteiger partial charge in [-0.1, -0.05) is 18.2 Å². The minimum Gasteiger partial charge on any atom is -0.465 e. The highest BCUT2D eigenvalue weighted by molar-refractivity contribution is 5.97. The molecule has 0 atom stereocenters. The standard InChI is InChI=1S/C17H16O4/c1-11-13(17(19)20-3)8-6-10-15(11)21-16-9-5-4-7-14(16)12(2)18/h4-10H,1-3H3. The minimum absolute atomic E-state index is 0.0765. The molecule has 0 aliphatic heterocycles. The molecule has 2 rings (SSSR count). The zero-order valence-corrected chi connectivity index (χ0v) is 12.2. The Balaban J connectivity index is 2.41. The van der Waals surface area contributed by atoms with Crippen molar-refractivity contribution in [2.45, 2.75) is 13.8 Å². The first kappa shape index (κ1) is 14.8. The van der Waals surface area contributed by atoms with Crippen LogP contribution in [0, 0.1) is 6.92 Å². The molecule has 0 saturated carbocycles. The van der Waals surface area contributed by atoms with Gasteiger partial charge in [-0.05, 0) is 38.1 Å². The fraction of sp³-hybridized carbons (Fsp3) is 0.176. The van der Waals surface area contributed by atoms with Crippen molar-refractivity contribution >= 4 is 11.8 Å². The summed E-state index contributed by atoms with van der Waals surface area (Å²) in [4.78, 5) is 23.3. The van der Waals surface area contributed by atoms with Gasteiger partial charge in [0.2, 0.25) is 0 Å². The lowest BCUT2D eigenvalue weighted by atomic mass is 10.1. The maximum atomic E-state index is 11.7. The molecule has 0 spiro atoms. The summed E-state index contributed by atoms with van der Waals surface area (Å²) in [6, 6.07) is 12.1. The van der Waals surface area contributed by atoms with Crippen molar-refractivity contribution in [1.82, 2.24) is 0 Å². The van der Waals surface area contributed by atoms with E-state index in [0.29, 0.717) is 28.2 Å². The molecule has 0 N–H and O–H groups in total. The molecule has 0 radical (unpaired) electrons. The Labute approximate surface area is 123 Å². The molecule has 0 aliphatic carbocycles. The first-order valence-corrected chi connectivity index (χ1v) is 6.50. The van der Waals surface area contributed by atoms with E-state index in [1.807, 2.05) is 0 Å². The normalized spacial score (nSPS) is 10.0. The minimum atomic E-state index is -0.419. The highest BCUT2D eigenvalue weighted by Gasteiger charge is 2.15. The predicted molar refractivity (Wildman–Crippen MR) is 79.0 cm³/mol. The topological polar surface area (TPSA) is 52.6 Å². The highest BCUT2D eigenvalue weighted by Crippen LogP contribution is 2.29. The molecular weight excluding hydrogens is 268 g/mol. The number of ether oxygens (including phenoxy) is 2. The Hall–Kier alpha value is -2.62. The number of ketones is 1. The van der Waals surface area contributed by atoms with Gasteiger partial charge >= 0.3 is 5.97 Å². The lowest BCUT2D eigenvalue weighted by Crippen LogP contribution is -2.05. The first-order valence-electron chi connectivity index (χ1n) is 6.50. The van der Waals surface area contributed by atoms with Crippen LogP contribution in [0.25, 0.3) is 0 Å². The lowest BCUT2D eigenvalue weighted by Gasteiger charge is -2.13. The van der Waals surface area contributed by atoms with Gasteiger partial charge in [0, 0.05) is 5.56 Å². The van der Waals surface area contributed by atoms with Gasteiger partial charge in [-0.3, -0.25) is 4.79 Å². The molecule has 0 aliphatic rings. The smallest absolute Gasteiger partial charge is 0.338 e. The van der Waals surface area contributed by atoms with E-state index in [0.717, 1.165) is 0 Å². The summed E-state index contributed by atoms with van der Waals surface area (Å²) in [5.74, 6) is 0.492. The van der Waals surface area contributed by atoms with Crippen LogP contribution in [0.3, 0.4) is 0 Å². The van der Waals surface area contributed by atoms with Crippen LogP contribution in [-0.4, -0.2) is 18.9 Å². The van der Waals surface area contributed by atoms with E-state index in [1.54, 1.807) is 49.4 Å². The number of Topliss-reactive ketones (excluding diaryl/α,β-unsaturated/α-hetero) is 1. The molecule has 108 valence electrons. The number of rotatable bonds is 4. The lowest BCUT2D eigenvalue weighted by molar-refractivity contribution is 0.0599. The molecule has 4 nitrogen and oxygen atoms in total. The van der Waals surface area contributed by atoms with Gasteiger partial charge in [-0.25, -0.2) is 4.79 Å². The number of benzene rings is 2. The summed E-state index contributed by atoms with van der Waals surface area (Å²) in [6.07, 6.45) is 0. The second-order valence-corrected chi connectivity index (χ2v) is 4.57. The number of carbonyl (C=O) groups is 2. The van der Waals surface area contributed by atoms with Crippen molar-refractivity contribution in [3.8, 4) is 11.5 Å². The van der Waals surface area contributed by atoms with Gasteiger partial charge in [0.05, 0.1) is 18.2 Å². The van der Waals surface area contributed by atoms with Crippen LogP contribution in [-0.2, 0) is 4.74 Å². The van der Waals surface area contributed by atoms with E-state index in [2.05, 4.69) is 0 Å². The van der Waals surface area contributed by atoms with Crippen LogP contribution in [0.5, 0.6) is 11.5 Å². The molecule has 0 bridgehead atoms. The Morgan fingerprint density at radius 3 is 2.19 bits per heavy atom. The third-order valence-corrected chi connectivity index (χ3v) is 3.18. The molecule has 21 heavy (non-hydrogen) atoms. The molecule has 0 unspecified atom stereocenters. The molecule has 2 aromatic carbocycles. The van der Waals surface area contributed by atoms with Crippen LogP contribution < -0.4 is 4.74 Å². The maximum absolute atomic E-state index is 11.7. The van der Waals surface area contributed by atoms with Crippen LogP contribution >= 0.6 is 0 Å². The number of hydrogen-bond donors (Lipinski definition) is 0. The van der Waals surface area contributed by atoms with Crippen molar-refractivity contribution in [2.24, 2.45) is 0 Å². The van der Waals surface area contributed by atoms with Crippen molar-refractivity contribution in [3.63, 3.8) is 0 Å². The SMILES string of the molecule is COC(=O)c1cccc(Oc2ccccc2C(C)=O)c1C. The van der Waals surface area contributed by atoms with E-state index in [-0.39, 0.29) is 5.78 Å². The number of para-hydroxylation sites is 1. The predicted octanol–water partition coefficient (Wildman–Crippen LogP) is 3.78. The third kappa shape index (κ3) is 3.11. The van der Waals surface area contributed by atoms with Crippen LogP contribution in [0.2, 0.25) is 0 Å². The second kappa shape index (κ2) is 6.22. The number of esters is 1. The van der Waals surface area contributed by atoms with E-state index in [9.17, 15) is 9.59 Å².